The highest BCUT2D eigenvalue weighted by Crippen LogP contribution is 2.25. The highest BCUT2D eigenvalue weighted by molar-refractivity contribution is 6.31. The van der Waals surface area contributed by atoms with E-state index < -0.39 is 17.5 Å². The molecule has 2 aromatic rings. The maximum atomic E-state index is 13.4. The Morgan fingerprint density at radius 2 is 1.90 bits per heavy atom. The molecule has 0 bridgehead atoms. The third kappa shape index (κ3) is 3.74. The quantitative estimate of drug-likeness (QED) is 0.842. The Balaban J connectivity index is 2.33. The second-order valence-electron chi connectivity index (χ2n) is 4.58. The first kappa shape index (κ1) is 15.8. The number of rotatable bonds is 5. The van der Waals surface area contributed by atoms with E-state index in [4.69, 9.17) is 11.6 Å². The van der Waals surface area contributed by atoms with Crippen LogP contribution >= 0.6 is 11.6 Å². The van der Waals surface area contributed by atoms with Gasteiger partial charge in [0.2, 0.25) is 0 Å². The molecule has 0 saturated carbocycles. The predicted octanol–water partition coefficient (Wildman–Crippen LogP) is 4.05. The molecule has 1 heterocycles. The van der Waals surface area contributed by atoms with Crippen molar-refractivity contribution in [1.82, 2.24) is 10.3 Å². The second-order valence-corrected chi connectivity index (χ2v) is 4.99. The Kier molecular flexibility index (Phi) is 5.20. The summed E-state index contributed by atoms with van der Waals surface area (Å²) in [7, 11) is 0. The molecule has 21 heavy (non-hydrogen) atoms. The molecular weight excluding hydrogens is 301 g/mol. The van der Waals surface area contributed by atoms with Crippen LogP contribution in [0.1, 0.15) is 24.1 Å². The first-order valence-corrected chi connectivity index (χ1v) is 6.87. The summed E-state index contributed by atoms with van der Waals surface area (Å²) in [5.41, 5.74) is 1.13. The van der Waals surface area contributed by atoms with Crippen molar-refractivity contribution in [3.8, 4) is 0 Å². The van der Waals surface area contributed by atoms with E-state index in [0.717, 1.165) is 17.7 Å². The van der Waals surface area contributed by atoms with Gasteiger partial charge in [-0.05, 0) is 42.3 Å². The van der Waals surface area contributed by atoms with Crippen molar-refractivity contribution in [3.05, 3.63) is 64.2 Å². The molecule has 0 amide bonds. The maximum Gasteiger partial charge on any atom is 0.194 e. The molecule has 2 nitrogen and oxygen atoms in total. The monoisotopic (exact) mass is 314 g/mol. The van der Waals surface area contributed by atoms with Gasteiger partial charge in [-0.2, -0.15) is 0 Å². The van der Waals surface area contributed by atoms with Crippen molar-refractivity contribution in [3.63, 3.8) is 0 Å². The fourth-order valence-corrected chi connectivity index (χ4v) is 2.32. The summed E-state index contributed by atoms with van der Waals surface area (Å²) in [6.45, 7) is 2.46. The van der Waals surface area contributed by atoms with E-state index in [-0.39, 0.29) is 6.04 Å². The van der Waals surface area contributed by atoms with Crippen molar-refractivity contribution in [1.29, 1.82) is 0 Å². The van der Waals surface area contributed by atoms with Crippen LogP contribution in [0.25, 0.3) is 0 Å². The van der Waals surface area contributed by atoms with E-state index in [1.807, 2.05) is 6.92 Å². The van der Waals surface area contributed by atoms with Gasteiger partial charge in [-0.1, -0.05) is 18.5 Å². The number of likely N-dealkylation sites (N-methyl/N-ethyl adjacent to an activating group) is 1. The number of nitrogens with one attached hydrogen (secondary N) is 1. The summed E-state index contributed by atoms with van der Waals surface area (Å²) in [4.78, 5) is 3.89. The van der Waals surface area contributed by atoms with Crippen LogP contribution in [-0.2, 0) is 6.42 Å². The summed E-state index contributed by atoms with van der Waals surface area (Å²) in [5.74, 6) is -3.86. The van der Waals surface area contributed by atoms with Gasteiger partial charge in [0.05, 0.1) is 5.02 Å². The molecule has 2 rings (SSSR count). The lowest BCUT2D eigenvalue weighted by atomic mass is 9.99. The number of aromatic nitrogens is 1. The van der Waals surface area contributed by atoms with E-state index >= 15 is 0 Å². The molecule has 1 aromatic heterocycles. The normalized spacial score (nSPS) is 12.4. The van der Waals surface area contributed by atoms with E-state index in [9.17, 15) is 13.2 Å². The minimum Gasteiger partial charge on any atom is -0.310 e. The third-order valence-electron chi connectivity index (χ3n) is 3.14. The zero-order chi connectivity index (χ0) is 15.4. The van der Waals surface area contributed by atoms with Gasteiger partial charge in [-0.15, -0.1) is 0 Å². The van der Waals surface area contributed by atoms with E-state index in [0.29, 0.717) is 23.6 Å². The highest BCUT2D eigenvalue weighted by atomic mass is 35.5. The predicted molar refractivity (Wildman–Crippen MR) is 75.7 cm³/mol. The lowest BCUT2D eigenvalue weighted by molar-refractivity contribution is 0.439. The van der Waals surface area contributed by atoms with Crippen LogP contribution < -0.4 is 5.32 Å². The molecule has 6 heteroatoms. The number of benzene rings is 1. The van der Waals surface area contributed by atoms with Gasteiger partial charge >= 0.3 is 0 Å². The second kappa shape index (κ2) is 6.91. The zero-order valence-corrected chi connectivity index (χ0v) is 12.1. The lowest BCUT2D eigenvalue weighted by Crippen LogP contribution is -2.23. The van der Waals surface area contributed by atoms with Gasteiger partial charge in [-0.25, -0.2) is 13.2 Å². The molecule has 0 saturated heterocycles. The van der Waals surface area contributed by atoms with Crippen molar-refractivity contribution >= 4 is 11.6 Å². The molecule has 1 unspecified atom stereocenters. The Morgan fingerprint density at radius 3 is 2.48 bits per heavy atom. The lowest BCUT2D eigenvalue weighted by Gasteiger charge is -2.19. The van der Waals surface area contributed by atoms with Crippen LogP contribution in [-0.4, -0.2) is 11.5 Å². The molecule has 0 spiro atoms. The topological polar surface area (TPSA) is 24.9 Å². The van der Waals surface area contributed by atoms with Gasteiger partial charge in [0, 0.05) is 18.4 Å². The van der Waals surface area contributed by atoms with Crippen LogP contribution in [0.2, 0.25) is 5.02 Å². The van der Waals surface area contributed by atoms with Gasteiger partial charge in [0.15, 0.2) is 17.5 Å². The Hall–Kier alpha value is -1.59. The number of pyridine rings is 1. The largest absolute Gasteiger partial charge is 0.310 e. The Morgan fingerprint density at radius 1 is 1.24 bits per heavy atom. The average molecular weight is 315 g/mol. The summed E-state index contributed by atoms with van der Waals surface area (Å²) in [5, 5.41) is 3.59. The van der Waals surface area contributed by atoms with Crippen molar-refractivity contribution in [2.24, 2.45) is 0 Å². The van der Waals surface area contributed by atoms with E-state index in [1.165, 1.54) is 6.20 Å². The minimum absolute atomic E-state index is 0.334. The average Bonchev–Trinajstić information content (AvgIpc) is 2.46. The molecule has 1 atom stereocenters. The fraction of sp³-hybridized carbons (Fsp3) is 0.267. The maximum absolute atomic E-state index is 13.4. The summed E-state index contributed by atoms with van der Waals surface area (Å²) in [6.07, 6.45) is 3.52. The summed E-state index contributed by atoms with van der Waals surface area (Å²) in [6, 6.07) is 3.37. The highest BCUT2D eigenvalue weighted by Gasteiger charge is 2.18. The van der Waals surface area contributed by atoms with Gasteiger partial charge < -0.3 is 5.32 Å². The number of hydrogen-bond donors (Lipinski definition) is 1. The molecule has 0 aliphatic heterocycles. The number of halogens is 4. The SMILES string of the molecule is CCNC(Cc1ccncc1Cl)c1cc(F)c(F)c(F)c1. The Labute approximate surface area is 126 Å². The summed E-state index contributed by atoms with van der Waals surface area (Å²) < 4.78 is 39.8. The number of nitrogens with zero attached hydrogens (tertiary/aromatic N) is 1. The van der Waals surface area contributed by atoms with Crippen LogP contribution in [0.4, 0.5) is 13.2 Å². The van der Waals surface area contributed by atoms with Crippen LogP contribution in [0.5, 0.6) is 0 Å². The first-order valence-electron chi connectivity index (χ1n) is 6.49. The number of hydrogen-bond acceptors (Lipinski definition) is 2. The molecule has 112 valence electrons. The molecule has 0 aliphatic rings. The van der Waals surface area contributed by atoms with Gasteiger partial charge in [-0.3, -0.25) is 4.98 Å². The Bertz CT molecular complexity index is 611. The van der Waals surface area contributed by atoms with Gasteiger partial charge in [0.25, 0.3) is 0 Å². The molecule has 0 fully saturated rings. The van der Waals surface area contributed by atoms with Gasteiger partial charge in [0.1, 0.15) is 0 Å². The molecule has 0 aliphatic carbocycles. The molecule has 1 aromatic carbocycles. The molecule has 1 N–H and O–H groups in total. The van der Waals surface area contributed by atoms with Crippen LogP contribution in [0.3, 0.4) is 0 Å². The molecule has 0 radical (unpaired) electrons. The van der Waals surface area contributed by atoms with Crippen LogP contribution in [0, 0.1) is 17.5 Å². The zero-order valence-electron chi connectivity index (χ0n) is 11.3. The standard InChI is InChI=1S/C15H14ClF3N2/c1-2-21-14(7-9-3-4-20-8-11(9)16)10-5-12(17)15(19)13(18)6-10/h3-6,8,14,21H,2,7H2,1H3. The van der Waals surface area contributed by atoms with Crippen molar-refractivity contribution in [2.45, 2.75) is 19.4 Å². The smallest absolute Gasteiger partial charge is 0.194 e. The van der Waals surface area contributed by atoms with E-state index in [2.05, 4.69) is 10.3 Å². The summed E-state index contributed by atoms with van der Waals surface area (Å²) >= 11 is 6.05. The van der Waals surface area contributed by atoms with E-state index in [1.54, 1.807) is 12.3 Å². The first-order chi connectivity index (χ1) is 10.0. The minimum atomic E-state index is -1.46. The van der Waals surface area contributed by atoms with Crippen molar-refractivity contribution in [2.75, 3.05) is 6.54 Å². The third-order valence-corrected chi connectivity index (χ3v) is 3.48. The van der Waals surface area contributed by atoms with Crippen LogP contribution in [0.15, 0.2) is 30.6 Å². The molecular formula is C15H14ClF3N2. The van der Waals surface area contributed by atoms with Crippen molar-refractivity contribution < 1.29 is 13.2 Å². The fourth-order valence-electron chi connectivity index (χ4n) is 2.12.